The molecule has 1 rings (SSSR count). The maximum atomic E-state index is 8.65. The van der Waals surface area contributed by atoms with Gasteiger partial charge in [0.2, 0.25) is 0 Å². The summed E-state index contributed by atoms with van der Waals surface area (Å²) in [6.45, 7) is 0. The molecule has 0 saturated heterocycles. The quantitative estimate of drug-likeness (QED) is 0.520. The number of nitriles is 1. The highest BCUT2D eigenvalue weighted by molar-refractivity contribution is 14.2. The average Bonchev–Trinajstić information content (AvgIpc) is 2.05. The molecule has 0 heterocycles. The molecule has 0 aromatic carbocycles. The number of hydrogen-bond acceptors (Lipinski definition) is 2. The number of nitrogens with zero attached hydrogens (tertiary/aromatic N) is 2. The first kappa shape index (κ1) is 9.99. The predicted molar refractivity (Wildman–Crippen MR) is 61.2 cm³/mol. The van der Waals surface area contributed by atoms with Crippen LogP contribution in [0, 0.1) is 17.2 Å². The van der Waals surface area contributed by atoms with Crippen molar-refractivity contribution in [1.29, 1.82) is 5.26 Å². The summed E-state index contributed by atoms with van der Waals surface area (Å²) in [7, 11) is 0. The van der Waals surface area contributed by atoms with Gasteiger partial charge in [0.15, 0.2) is 0 Å². The fourth-order valence-electron chi connectivity index (χ4n) is 1.40. The summed E-state index contributed by atoms with van der Waals surface area (Å²) in [5.74, 6) is 0.332. The van der Waals surface area contributed by atoms with Crippen molar-refractivity contribution in [2.75, 3.05) is 0 Å². The van der Waals surface area contributed by atoms with Crippen molar-refractivity contribution >= 4 is 45.7 Å². The van der Waals surface area contributed by atoms with Crippen LogP contribution >= 0.6 is 45.7 Å². The van der Waals surface area contributed by atoms with Crippen molar-refractivity contribution in [3.63, 3.8) is 0 Å². The molecule has 0 atom stereocenters. The number of hydrogen-bond donors (Lipinski definition) is 0. The van der Waals surface area contributed by atoms with Crippen LogP contribution in [0.1, 0.15) is 25.7 Å². The van der Waals surface area contributed by atoms with Gasteiger partial charge >= 0.3 is 0 Å². The minimum atomic E-state index is 0.332. The highest BCUT2D eigenvalue weighted by atomic mass is 127. The first-order valence-corrected chi connectivity index (χ1v) is 5.67. The van der Waals surface area contributed by atoms with Gasteiger partial charge in [-0.25, -0.2) is 0 Å². The highest BCUT2D eigenvalue weighted by Gasteiger charge is 2.23. The van der Waals surface area contributed by atoms with E-state index < -0.39 is 0 Å². The van der Waals surface area contributed by atoms with Gasteiger partial charge in [0.05, 0.1) is 6.07 Å². The van der Waals surface area contributed by atoms with E-state index in [4.69, 9.17) is 5.26 Å². The number of rotatable bonds is 1. The molecule has 1 aliphatic carbocycles. The van der Waals surface area contributed by atoms with E-state index in [1.54, 1.807) is 0 Å². The van der Waals surface area contributed by atoms with Gasteiger partial charge in [0.25, 0.3) is 0 Å². The lowest BCUT2D eigenvalue weighted by molar-refractivity contribution is 0.340. The van der Waals surface area contributed by atoms with Crippen LogP contribution in [0.2, 0.25) is 0 Å². The van der Waals surface area contributed by atoms with Gasteiger partial charge in [-0.05, 0) is 25.7 Å². The molecule has 1 saturated carbocycles. The Bertz CT molecular complexity index is 156. The predicted octanol–water partition coefficient (Wildman–Crippen LogP) is 3.07. The second-order valence-electron chi connectivity index (χ2n) is 2.89. The summed E-state index contributed by atoms with van der Waals surface area (Å²) >= 11 is 4.64. The summed E-state index contributed by atoms with van der Waals surface area (Å²) in [5.41, 5.74) is 0. The van der Waals surface area contributed by atoms with E-state index >= 15 is 0 Å². The molecule has 0 unspecified atom stereocenters. The monoisotopic (exact) mass is 376 g/mol. The second-order valence-corrected chi connectivity index (χ2v) is 6.82. The highest BCUT2D eigenvalue weighted by Crippen LogP contribution is 2.30. The Labute approximate surface area is 95.3 Å². The lowest BCUT2D eigenvalue weighted by Gasteiger charge is -2.26. The van der Waals surface area contributed by atoms with Gasteiger partial charge in [-0.15, -0.1) is 0 Å². The van der Waals surface area contributed by atoms with Crippen molar-refractivity contribution in [3.05, 3.63) is 0 Å². The molecule has 0 aromatic heterocycles. The Morgan fingerprint density at radius 2 is 1.73 bits per heavy atom. The lowest BCUT2D eigenvalue weighted by Crippen LogP contribution is -2.24. The normalized spacial score (nSPS) is 31.8. The fraction of sp³-hybridized carbons (Fsp3) is 0.857. The van der Waals surface area contributed by atoms with Crippen molar-refractivity contribution in [1.82, 2.24) is 1.33 Å². The molecule has 4 heteroatoms. The van der Waals surface area contributed by atoms with E-state index in [1.165, 1.54) is 12.8 Å². The van der Waals surface area contributed by atoms with Gasteiger partial charge in [-0.2, -0.15) is 6.59 Å². The smallest absolute Gasteiger partial charge is 0.0655 e. The van der Waals surface area contributed by atoms with Gasteiger partial charge in [-0.3, -0.25) is 0 Å². The Morgan fingerprint density at radius 3 is 2.09 bits per heavy atom. The van der Waals surface area contributed by atoms with Crippen LogP contribution in [0.15, 0.2) is 0 Å². The third-order valence-electron chi connectivity index (χ3n) is 2.16. The zero-order valence-electron chi connectivity index (χ0n) is 6.13. The summed E-state index contributed by atoms with van der Waals surface area (Å²) in [4.78, 5) is 0. The molecule has 0 aromatic rings. The van der Waals surface area contributed by atoms with Crippen molar-refractivity contribution in [3.8, 4) is 6.07 Å². The van der Waals surface area contributed by atoms with Crippen molar-refractivity contribution in [2.45, 2.75) is 31.7 Å². The molecule has 1 fully saturated rings. The van der Waals surface area contributed by atoms with Crippen LogP contribution in [-0.2, 0) is 0 Å². The first-order valence-electron chi connectivity index (χ1n) is 3.74. The summed E-state index contributed by atoms with van der Waals surface area (Å²) in [6.07, 6.45) is 4.54. The maximum absolute atomic E-state index is 8.65. The fourth-order valence-corrected chi connectivity index (χ4v) is 2.51. The van der Waals surface area contributed by atoms with Crippen LogP contribution < -0.4 is 0 Å². The molecule has 0 N–H and O–H groups in total. The van der Waals surface area contributed by atoms with E-state index in [1.807, 2.05) is 0 Å². The lowest BCUT2D eigenvalue weighted by atomic mass is 9.88. The molecule has 0 amide bonds. The summed E-state index contributed by atoms with van der Waals surface area (Å²) < 4.78 is 2.21. The van der Waals surface area contributed by atoms with Crippen LogP contribution in [0.3, 0.4) is 0 Å². The molecule has 2 nitrogen and oxygen atoms in total. The zero-order chi connectivity index (χ0) is 8.27. The Balaban J connectivity index is 2.31. The Morgan fingerprint density at radius 1 is 1.18 bits per heavy atom. The molecular weight excluding hydrogens is 366 g/mol. The Hall–Kier alpha value is 0.910. The van der Waals surface area contributed by atoms with Crippen molar-refractivity contribution in [2.24, 2.45) is 5.92 Å². The number of halogens is 2. The average molecular weight is 376 g/mol. The van der Waals surface area contributed by atoms with E-state index in [0.717, 1.165) is 12.8 Å². The second kappa shape index (κ2) is 4.82. The summed E-state index contributed by atoms with van der Waals surface area (Å²) in [6, 6.07) is 3.04. The third-order valence-corrected chi connectivity index (χ3v) is 3.73. The standard InChI is InChI=1S/C7H10I2N2/c8-11(9)7-3-1-6(5-10)2-4-7/h6-7H,1-4H2. The first-order chi connectivity index (χ1) is 5.24. The van der Waals surface area contributed by atoms with Crippen LogP contribution in [0.4, 0.5) is 0 Å². The molecule has 62 valence electrons. The van der Waals surface area contributed by atoms with Gasteiger partial charge in [0, 0.05) is 57.7 Å². The molecule has 0 bridgehead atoms. The van der Waals surface area contributed by atoms with E-state index in [9.17, 15) is 0 Å². The van der Waals surface area contributed by atoms with Crippen molar-refractivity contribution < 1.29 is 0 Å². The SMILES string of the molecule is N#CC1CCC(N(I)I)CC1. The van der Waals surface area contributed by atoms with E-state index in [-0.39, 0.29) is 0 Å². The van der Waals surface area contributed by atoms with E-state index in [0.29, 0.717) is 12.0 Å². The minimum Gasteiger partial charge on any atom is -0.198 e. The maximum Gasteiger partial charge on any atom is 0.0655 e. The van der Waals surface area contributed by atoms with Gasteiger partial charge < -0.3 is 0 Å². The third kappa shape index (κ3) is 3.03. The molecular formula is C7H10I2N2. The zero-order valence-corrected chi connectivity index (χ0v) is 10.4. The van der Waals surface area contributed by atoms with Crippen LogP contribution in [-0.4, -0.2) is 7.37 Å². The minimum absolute atomic E-state index is 0.332. The van der Waals surface area contributed by atoms with Crippen LogP contribution in [0.25, 0.3) is 0 Å². The molecule has 0 aliphatic heterocycles. The van der Waals surface area contributed by atoms with E-state index in [2.05, 4.69) is 53.1 Å². The van der Waals surface area contributed by atoms with Crippen LogP contribution in [0.5, 0.6) is 0 Å². The molecule has 0 radical (unpaired) electrons. The molecule has 1 aliphatic rings. The Kier molecular flexibility index (Phi) is 4.38. The van der Waals surface area contributed by atoms with Gasteiger partial charge in [0.1, 0.15) is 0 Å². The summed E-state index contributed by atoms with van der Waals surface area (Å²) in [5, 5.41) is 8.65. The molecule has 0 spiro atoms. The largest absolute Gasteiger partial charge is 0.198 e. The van der Waals surface area contributed by atoms with Gasteiger partial charge in [-0.1, -0.05) is 0 Å². The molecule has 11 heavy (non-hydrogen) atoms. The topological polar surface area (TPSA) is 27.0 Å².